The van der Waals surface area contributed by atoms with Gasteiger partial charge in [0.1, 0.15) is 5.82 Å². The number of nitrogens with one attached hydrogen (secondary N) is 2. The standard InChI is InChI=1S/C26H25N3O2S/c1-15-9-11-18(12-10-15)21-22-19(7-4-8-20(22)30)27-24-23(21)25(31)29-26(28-24)32-14-17-6-3-5-16(2)13-17/h3,5-6,9-13,21H,4,7-8,14H2,1-2H3,(H2,27,28,29,31)/t21-/m0/s1. The van der Waals surface area contributed by atoms with Gasteiger partial charge in [0.05, 0.1) is 5.56 Å². The number of fused-ring (bicyclic) bond motifs is 1. The van der Waals surface area contributed by atoms with Gasteiger partial charge in [0.25, 0.3) is 5.56 Å². The van der Waals surface area contributed by atoms with Crippen molar-refractivity contribution in [3.8, 4) is 0 Å². The fraction of sp³-hybridized carbons (Fsp3) is 0.269. The minimum Gasteiger partial charge on any atom is -0.343 e. The molecular weight excluding hydrogens is 418 g/mol. The number of aromatic nitrogens is 2. The van der Waals surface area contributed by atoms with Gasteiger partial charge in [-0.15, -0.1) is 0 Å². The third kappa shape index (κ3) is 3.91. The van der Waals surface area contributed by atoms with Crippen molar-refractivity contribution in [2.24, 2.45) is 0 Å². The number of ketones is 1. The van der Waals surface area contributed by atoms with Crippen molar-refractivity contribution in [2.75, 3.05) is 5.32 Å². The lowest BCUT2D eigenvalue weighted by Gasteiger charge is -2.32. The van der Waals surface area contributed by atoms with Gasteiger partial charge in [0.2, 0.25) is 0 Å². The molecule has 1 aliphatic heterocycles. The largest absolute Gasteiger partial charge is 0.343 e. The van der Waals surface area contributed by atoms with Crippen molar-refractivity contribution in [1.29, 1.82) is 0 Å². The number of nitrogens with zero attached hydrogens (tertiary/aromatic N) is 1. The number of thioether (sulfide) groups is 1. The molecule has 5 nitrogen and oxygen atoms in total. The van der Waals surface area contributed by atoms with E-state index < -0.39 is 0 Å². The number of carbonyl (C=O) groups is 1. The average Bonchev–Trinajstić information content (AvgIpc) is 2.77. The lowest BCUT2D eigenvalue weighted by Crippen LogP contribution is -2.32. The maximum Gasteiger partial charge on any atom is 0.257 e. The van der Waals surface area contributed by atoms with Crippen LogP contribution in [0.4, 0.5) is 5.82 Å². The molecule has 2 heterocycles. The maximum absolute atomic E-state index is 13.3. The van der Waals surface area contributed by atoms with Gasteiger partial charge in [-0.1, -0.05) is 71.4 Å². The number of hydrogen-bond acceptors (Lipinski definition) is 5. The number of H-pyrrole nitrogens is 1. The highest BCUT2D eigenvalue weighted by molar-refractivity contribution is 7.98. The van der Waals surface area contributed by atoms with Gasteiger partial charge in [-0.3, -0.25) is 9.59 Å². The third-order valence-electron chi connectivity index (χ3n) is 6.11. The topological polar surface area (TPSA) is 74.8 Å². The van der Waals surface area contributed by atoms with Gasteiger partial charge in [0, 0.05) is 29.4 Å². The van der Waals surface area contributed by atoms with E-state index in [1.165, 1.54) is 22.9 Å². The highest BCUT2D eigenvalue weighted by Gasteiger charge is 2.37. The van der Waals surface area contributed by atoms with E-state index >= 15 is 0 Å². The number of aromatic amines is 1. The maximum atomic E-state index is 13.3. The molecule has 0 saturated heterocycles. The van der Waals surface area contributed by atoms with Crippen LogP contribution in [-0.4, -0.2) is 15.8 Å². The number of allylic oxidation sites excluding steroid dienone is 2. The van der Waals surface area contributed by atoms with Crippen molar-refractivity contribution in [3.63, 3.8) is 0 Å². The minimum atomic E-state index is -0.387. The van der Waals surface area contributed by atoms with E-state index in [2.05, 4.69) is 35.4 Å². The van der Waals surface area contributed by atoms with E-state index in [0.717, 1.165) is 41.0 Å². The number of aryl methyl sites for hydroxylation is 2. The molecule has 0 spiro atoms. The molecule has 1 atom stereocenters. The summed E-state index contributed by atoms with van der Waals surface area (Å²) < 4.78 is 0. The van der Waals surface area contributed by atoms with Gasteiger partial charge in [-0.2, -0.15) is 0 Å². The SMILES string of the molecule is Cc1ccc([C@H]2C3=C(CCCC3=O)Nc3nc(SCc4cccc(C)c4)[nH]c(=O)c32)cc1. The third-order valence-corrected chi connectivity index (χ3v) is 7.05. The van der Waals surface area contributed by atoms with E-state index in [4.69, 9.17) is 4.98 Å². The molecule has 0 fully saturated rings. The predicted molar refractivity (Wildman–Crippen MR) is 128 cm³/mol. The first-order valence-electron chi connectivity index (χ1n) is 10.9. The van der Waals surface area contributed by atoms with Crippen LogP contribution in [0.5, 0.6) is 0 Å². The van der Waals surface area contributed by atoms with E-state index in [1.807, 2.05) is 37.3 Å². The second kappa shape index (κ2) is 8.43. The van der Waals surface area contributed by atoms with Gasteiger partial charge in [-0.25, -0.2) is 4.98 Å². The molecule has 0 saturated carbocycles. The molecule has 0 bridgehead atoms. The number of benzene rings is 2. The van der Waals surface area contributed by atoms with Crippen LogP contribution in [0.1, 0.15) is 53.0 Å². The predicted octanol–water partition coefficient (Wildman–Crippen LogP) is 5.24. The van der Waals surface area contributed by atoms with Crippen molar-refractivity contribution in [3.05, 3.63) is 98.0 Å². The fourth-order valence-corrected chi connectivity index (χ4v) is 5.36. The van der Waals surface area contributed by atoms with Crippen molar-refractivity contribution in [2.45, 2.75) is 49.9 Å². The molecule has 2 aliphatic rings. The summed E-state index contributed by atoms with van der Waals surface area (Å²) in [4.78, 5) is 34.0. The molecule has 1 aromatic heterocycles. The second-order valence-electron chi connectivity index (χ2n) is 8.55. The monoisotopic (exact) mass is 443 g/mol. The van der Waals surface area contributed by atoms with E-state index in [0.29, 0.717) is 23.0 Å². The zero-order valence-corrected chi connectivity index (χ0v) is 19.0. The molecule has 1 aliphatic carbocycles. The number of carbonyl (C=O) groups excluding carboxylic acids is 1. The van der Waals surface area contributed by atoms with Crippen LogP contribution in [0.25, 0.3) is 0 Å². The van der Waals surface area contributed by atoms with E-state index in [-0.39, 0.29) is 17.3 Å². The lowest BCUT2D eigenvalue weighted by molar-refractivity contribution is -0.116. The van der Waals surface area contributed by atoms with Crippen molar-refractivity contribution < 1.29 is 4.79 Å². The Morgan fingerprint density at radius 3 is 2.62 bits per heavy atom. The van der Waals surface area contributed by atoms with Gasteiger partial charge in [-0.05, 0) is 37.8 Å². The molecule has 3 aromatic rings. The normalized spacial score (nSPS) is 17.6. The highest BCUT2D eigenvalue weighted by Crippen LogP contribution is 2.43. The fourth-order valence-electron chi connectivity index (χ4n) is 4.55. The zero-order chi connectivity index (χ0) is 22.2. The Balaban J connectivity index is 1.55. The molecule has 162 valence electrons. The summed E-state index contributed by atoms with van der Waals surface area (Å²) in [7, 11) is 0. The summed E-state index contributed by atoms with van der Waals surface area (Å²) in [6, 6.07) is 16.4. The Morgan fingerprint density at radius 1 is 1.03 bits per heavy atom. The Bertz CT molecular complexity index is 1290. The van der Waals surface area contributed by atoms with Crippen LogP contribution in [0, 0.1) is 13.8 Å². The van der Waals surface area contributed by atoms with Crippen LogP contribution < -0.4 is 10.9 Å². The molecule has 2 aromatic carbocycles. The average molecular weight is 444 g/mol. The van der Waals surface area contributed by atoms with Crippen LogP contribution in [0.15, 0.2) is 69.8 Å². The van der Waals surface area contributed by atoms with Gasteiger partial charge in [0.15, 0.2) is 10.9 Å². The summed E-state index contributed by atoms with van der Waals surface area (Å²) in [6.45, 7) is 4.10. The number of hydrogen-bond donors (Lipinski definition) is 2. The smallest absolute Gasteiger partial charge is 0.257 e. The highest BCUT2D eigenvalue weighted by atomic mass is 32.2. The minimum absolute atomic E-state index is 0.118. The van der Waals surface area contributed by atoms with E-state index in [9.17, 15) is 9.59 Å². The Labute approximate surface area is 191 Å². The molecular formula is C26H25N3O2S. The number of rotatable bonds is 4. The Hall–Kier alpha value is -3.12. The quantitative estimate of drug-likeness (QED) is 0.426. The molecule has 0 radical (unpaired) electrons. The first-order chi connectivity index (χ1) is 15.5. The van der Waals surface area contributed by atoms with Crippen molar-refractivity contribution >= 4 is 23.4 Å². The molecule has 32 heavy (non-hydrogen) atoms. The second-order valence-corrected chi connectivity index (χ2v) is 9.51. The van der Waals surface area contributed by atoms with Crippen molar-refractivity contribution in [1.82, 2.24) is 9.97 Å². The molecule has 2 N–H and O–H groups in total. The Kier molecular flexibility index (Phi) is 5.47. The molecule has 0 amide bonds. The summed E-state index contributed by atoms with van der Waals surface area (Å²) in [5, 5.41) is 3.92. The molecule has 0 unspecified atom stereocenters. The van der Waals surface area contributed by atoms with Crippen LogP contribution >= 0.6 is 11.8 Å². The number of Topliss-reactive ketones (excluding diaryl/α,β-unsaturated/α-hetero) is 1. The first-order valence-corrected chi connectivity index (χ1v) is 11.9. The first kappa shape index (κ1) is 20.8. The summed E-state index contributed by atoms with van der Waals surface area (Å²) in [5.74, 6) is 1.02. The summed E-state index contributed by atoms with van der Waals surface area (Å²) in [6.07, 6.45) is 2.13. The lowest BCUT2D eigenvalue weighted by atomic mass is 9.76. The van der Waals surface area contributed by atoms with Crippen LogP contribution in [0.2, 0.25) is 0 Å². The summed E-state index contributed by atoms with van der Waals surface area (Å²) >= 11 is 1.51. The Morgan fingerprint density at radius 2 is 1.84 bits per heavy atom. The summed E-state index contributed by atoms with van der Waals surface area (Å²) in [5.41, 5.74) is 6.46. The zero-order valence-electron chi connectivity index (χ0n) is 18.2. The van der Waals surface area contributed by atoms with Gasteiger partial charge >= 0.3 is 0 Å². The van der Waals surface area contributed by atoms with Gasteiger partial charge < -0.3 is 10.3 Å². The number of anilines is 1. The van der Waals surface area contributed by atoms with E-state index in [1.54, 1.807) is 0 Å². The van der Waals surface area contributed by atoms with Crippen LogP contribution in [0.3, 0.4) is 0 Å². The molecule has 5 rings (SSSR count). The molecule has 6 heteroatoms. The van der Waals surface area contributed by atoms with Crippen LogP contribution in [-0.2, 0) is 10.5 Å².